The largest absolute Gasteiger partial charge is 0.388 e. The lowest BCUT2D eigenvalue weighted by Gasteiger charge is -2.11. The number of aliphatic hydroxyl groups is 1. The van der Waals surface area contributed by atoms with E-state index in [4.69, 9.17) is 11.6 Å². The van der Waals surface area contributed by atoms with Crippen LogP contribution in [0.4, 0.5) is 0 Å². The van der Waals surface area contributed by atoms with E-state index < -0.39 is 6.10 Å². The van der Waals surface area contributed by atoms with Gasteiger partial charge in [0.2, 0.25) is 5.91 Å². The Balaban J connectivity index is 1.49. The molecular formula is C19H19ClN2O2. The molecule has 4 nitrogen and oxygen atoms in total. The fraction of sp³-hybridized carbons (Fsp3) is 0.211. The minimum atomic E-state index is -0.824. The molecule has 3 N–H and O–H groups in total. The fourth-order valence-electron chi connectivity index (χ4n) is 2.73. The Kier molecular flexibility index (Phi) is 5.18. The number of halogens is 1. The second-order valence-corrected chi connectivity index (χ2v) is 6.17. The normalized spacial score (nSPS) is 12.2. The molecule has 1 heterocycles. The third kappa shape index (κ3) is 3.96. The third-order valence-electron chi connectivity index (χ3n) is 4.02. The lowest BCUT2D eigenvalue weighted by atomic mass is 10.1. The molecule has 1 aromatic heterocycles. The lowest BCUT2D eigenvalue weighted by Crippen LogP contribution is -2.27. The molecule has 0 saturated carbocycles. The van der Waals surface area contributed by atoms with Crippen molar-refractivity contribution in [3.63, 3.8) is 0 Å². The summed E-state index contributed by atoms with van der Waals surface area (Å²) in [4.78, 5) is 15.2. The van der Waals surface area contributed by atoms with Gasteiger partial charge in [0.1, 0.15) is 0 Å². The van der Waals surface area contributed by atoms with Gasteiger partial charge in [-0.15, -0.1) is 0 Å². The highest BCUT2D eigenvalue weighted by molar-refractivity contribution is 6.30. The molecule has 0 radical (unpaired) electrons. The highest BCUT2D eigenvalue weighted by Gasteiger charge is 2.13. The minimum Gasteiger partial charge on any atom is -0.388 e. The van der Waals surface area contributed by atoms with Gasteiger partial charge in [0, 0.05) is 28.7 Å². The van der Waals surface area contributed by atoms with Crippen molar-refractivity contribution in [3.8, 4) is 0 Å². The average molecular weight is 343 g/mol. The summed E-state index contributed by atoms with van der Waals surface area (Å²) in [5.41, 5.74) is 2.95. The van der Waals surface area contributed by atoms with Gasteiger partial charge < -0.3 is 15.4 Å². The molecule has 1 amide bonds. The molecule has 0 spiro atoms. The SMILES string of the molecule is O=C(CC(O)c1ccc(Cl)cc1)NCCc1c[nH]c2ccccc12. The maximum absolute atomic E-state index is 12.0. The van der Waals surface area contributed by atoms with Crippen LogP contribution < -0.4 is 5.32 Å². The number of nitrogens with one attached hydrogen (secondary N) is 2. The smallest absolute Gasteiger partial charge is 0.222 e. The number of hydrogen-bond donors (Lipinski definition) is 3. The van der Waals surface area contributed by atoms with E-state index in [0.717, 1.165) is 11.9 Å². The van der Waals surface area contributed by atoms with Crippen molar-refractivity contribution in [1.82, 2.24) is 10.3 Å². The second-order valence-electron chi connectivity index (χ2n) is 5.73. The van der Waals surface area contributed by atoms with Crippen molar-refractivity contribution in [3.05, 3.63) is 70.9 Å². The van der Waals surface area contributed by atoms with Crippen LogP contribution in [0.2, 0.25) is 5.02 Å². The summed E-state index contributed by atoms with van der Waals surface area (Å²) in [6.45, 7) is 0.536. The number of benzene rings is 2. The number of rotatable bonds is 6. The molecule has 24 heavy (non-hydrogen) atoms. The number of aromatic nitrogens is 1. The molecule has 0 bridgehead atoms. The number of aliphatic hydroxyl groups excluding tert-OH is 1. The van der Waals surface area contributed by atoms with Crippen molar-refractivity contribution in [2.45, 2.75) is 18.9 Å². The molecule has 0 aliphatic rings. The van der Waals surface area contributed by atoms with E-state index in [2.05, 4.69) is 16.4 Å². The van der Waals surface area contributed by atoms with Gasteiger partial charge in [-0.1, -0.05) is 41.9 Å². The summed E-state index contributed by atoms with van der Waals surface area (Å²) in [6, 6.07) is 14.9. The van der Waals surface area contributed by atoms with Crippen LogP contribution in [0, 0.1) is 0 Å². The Bertz CT molecular complexity index is 827. The maximum Gasteiger partial charge on any atom is 0.222 e. The number of para-hydroxylation sites is 1. The number of amides is 1. The van der Waals surface area contributed by atoms with Crippen LogP contribution in [0.15, 0.2) is 54.7 Å². The first-order chi connectivity index (χ1) is 11.6. The van der Waals surface area contributed by atoms with Crippen LogP contribution >= 0.6 is 11.6 Å². The zero-order valence-electron chi connectivity index (χ0n) is 13.1. The van der Waals surface area contributed by atoms with E-state index in [9.17, 15) is 9.90 Å². The monoisotopic (exact) mass is 342 g/mol. The van der Waals surface area contributed by atoms with Gasteiger partial charge in [0.05, 0.1) is 12.5 Å². The number of hydrogen-bond acceptors (Lipinski definition) is 2. The molecule has 5 heteroatoms. The van der Waals surface area contributed by atoms with Crippen molar-refractivity contribution in [2.24, 2.45) is 0 Å². The topological polar surface area (TPSA) is 65.1 Å². The zero-order valence-corrected chi connectivity index (χ0v) is 13.9. The predicted molar refractivity (Wildman–Crippen MR) is 96.0 cm³/mol. The number of carbonyl (C=O) groups is 1. The van der Waals surface area contributed by atoms with E-state index in [1.54, 1.807) is 24.3 Å². The van der Waals surface area contributed by atoms with E-state index in [1.807, 2.05) is 24.4 Å². The summed E-state index contributed by atoms with van der Waals surface area (Å²) >= 11 is 5.82. The number of carbonyl (C=O) groups excluding carboxylic acids is 1. The Morgan fingerprint density at radius 1 is 1.17 bits per heavy atom. The molecule has 0 fully saturated rings. The van der Waals surface area contributed by atoms with E-state index in [0.29, 0.717) is 17.1 Å². The molecule has 3 aromatic rings. The molecule has 124 valence electrons. The Labute approximate surface area is 145 Å². The Morgan fingerprint density at radius 3 is 2.71 bits per heavy atom. The summed E-state index contributed by atoms with van der Waals surface area (Å²) in [7, 11) is 0. The first kappa shape index (κ1) is 16.6. The second kappa shape index (κ2) is 7.51. The third-order valence-corrected chi connectivity index (χ3v) is 4.28. The quantitative estimate of drug-likeness (QED) is 0.640. The molecule has 0 aliphatic heterocycles. The molecule has 0 saturated heterocycles. The van der Waals surface area contributed by atoms with E-state index in [-0.39, 0.29) is 12.3 Å². The van der Waals surface area contributed by atoms with Crippen LogP contribution in [-0.2, 0) is 11.2 Å². The highest BCUT2D eigenvalue weighted by atomic mass is 35.5. The summed E-state index contributed by atoms with van der Waals surface area (Å²) in [6.07, 6.45) is 1.93. The molecule has 1 unspecified atom stereocenters. The summed E-state index contributed by atoms with van der Waals surface area (Å²) in [5, 5.41) is 14.7. The Morgan fingerprint density at radius 2 is 1.92 bits per heavy atom. The van der Waals surface area contributed by atoms with Crippen molar-refractivity contribution in [1.29, 1.82) is 0 Å². The first-order valence-corrected chi connectivity index (χ1v) is 8.26. The van der Waals surface area contributed by atoms with Crippen molar-refractivity contribution < 1.29 is 9.90 Å². The molecule has 1 atom stereocenters. The Hall–Kier alpha value is -2.30. The number of H-pyrrole nitrogens is 1. The van der Waals surface area contributed by atoms with E-state index >= 15 is 0 Å². The lowest BCUT2D eigenvalue weighted by molar-refractivity contribution is -0.123. The first-order valence-electron chi connectivity index (χ1n) is 7.88. The standard InChI is InChI=1S/C19H19ClN2O2/c20-15-7-5-13(6-8-15)18(23)11-19(24)21-10-9-14-12-22-17-4-2-1-3-16(14)17/h1-8,12,18,22-23H,9-11H2,(H,21,24). The van der Waals surface area contributed by atoms with Crippen LogP contribution in [0.1, 0.15) is 23.7 Å². The number of fused-ring (bicyclic) bond motifs is 1. The fourth-order valence-corrected chi connectivity index (χ4v) is 2.85. The van der Waals surface area contributed by atoms with E-state index in [1.165, 1.54) is 10.9 Å². The van der Waals surface area contributed by atoms with Crippen molar-refractivity contribution >= 4 is 28.4 Å². The van der Waals surface area contributed by atoms with Gasteiger partial charge in [0.15, 0.2) is 0 Å². The maximum atomic E-state index is 12.0. The molecule has 2 aromatic carbocycles. The van der Waals surface area contributed by atoms with Gasteiger partial charge in [0.25, 0.3) is 0 Å². The van der Waals surface area contributed by atoms with Gasteiger partial charge in [-0.05, 0) is 35.7 Å². The molecular weight excluding hydrogens is 324 g/mol. The summed E-state index contributed by atoms with van der Waals surface area (Å²) in [5.74, 6) is -0.169. The van der Waals surface area contributed by atoms with Gasteiger partial charge in [-0.25, -0.2) is 0 Å². The van der Waals surface area contributed by atoms with Gasteiger partial charge in [-0.2, -0.15) is 0 Å². The van der Waals surface area contributed by atoms with Gasteiger partial charge in [-0.3, -0.25) is 4.79 Å². The summed E-state index contributed by atoms with van der Waals surface area (Å²) < 4.78 is 0. The minimum absolute atomic E-state index is 0.0372. The van der Waals surface area contributed by atoms with Crippen LogP contribution in [0.25, 0.3) is 10.9 Å². The van der Waals surface area contributed by atoms with Crippen molar-refractivity contribution in [2.75, 3.05) is 6.54 Å². The van der Waals surface area contributed by atoms with Crippen LogP contribution in [0.5, 0.6) is 0 Å². The number of aromatic amines is 1. The molecule has 0 aliphatic carbocycles. The van der Waals surface area contributed by atoms with Crippen LogP contribution in [-0.4, -0.2) is 22.5 Å². The molecule has 3 rings (SSSR count). The van der Waals surface area contributed by atoms with Gasteiger partial charge >= 0.3 is 0 Å². The average Bonchev–Trinajstić information content (AvgIpc) is 2.99. The predicted octanol–water partition coefficient (Wildman–Crippen LogP) is 3.60. The highest BCUT2D eigenvalue weighted by Crippen LogP contribution is 2.19. The van der Waals surface area contributed by atoms with Crippen LogP contribution in [0.3, 0.4) is 0 Å². The zero-order chi connectivity index (χ0) is 16.9.